The van der Waals surface area contributed by atoms with Crippen LogP contribution in [0.4, 0.5) is 5.88 Å². The van der Waals surface area contributed by atoms with Crippen molar-refractivity contribution in [1.82, 2.24) is 5.16 Å². The van der Waals surface area contributed by atoms with Gasteiger partial charge in [-0.1, -0.05) is 25.1 Å². The average molecular weight is 354 g/mol. The first-order valence-corrected chi connectivity index (χ1v) is 8.67. The van der Waals surface area contributed by atoms with E-state index in [1.165, 1.54) is 7.11 Å². The standard InChI is InChI=1S/C20H22N2O4/c1-10-16-17(11-5-6-13(23)15(7-11)25-4)18-12(21-19(16)26-22-10)8-20(2,3)9-14(18)24/h5-7,17,21,23H,8-9H2,1-4H3. The summed E-state index contributed by atoms with van der Waals surface area (Å²) in [6, 6.07) is 5.19. The number of aromatic hydroxyl groups is 1. The highest BCUT2D eigenvalue weighted by Gasteiger charge is 2.43. The quantitative estimate of drug-likeness (QED) is 0.851. The molecule has 2 aromatic rings. The van der Waals surface area contributed by atoms with Crippen molar-refractivity contribution in [3.05, 3.63) is 46.3 Å². The molecule has 4 rings (SSSR count). The van der Waals surface area contributed by atoms with Gasteiger partial charge in [0, 0.05) is 23.6 Å². The summed E-state index contributed by atoms with van der Waals surface area (Å²) in [4.78, 5) is 13.1. The fraction of sp³-hybridized carbons (Fsp3) is 0.400. The predicted octanol–water partition coefficient (Wildman–Crippen LogP) is 3.90. The van der Waals surface area contributed by atoms with Gasteiger partial charge in [-0.3, -0.25) is 4.79 Å². The van der Waals surface area contributed by atoms with E-state index in [9.17, 15) is 9.90 Å². The van der Waals surface area contributed by atoms with Crippen molar-refractivity contribution < 1.29 is 19.2 Å². The molecule has 136 valence electrons. The Hall–Kier alpha value is -2.76. The Balaban J connectivity index is 1.94. The Kier molecular flexibility index (Phi) is 3.61. The zero-order valence-corrected chi connectivity index (χ0v) is 15.3. The van der Waals surface area contributed by atoms with Gasteiger partial charge in [0.25, 0.3) is 0 Å². The number of anilines is 1. The molecule has 1 aromatic carbocycles. The number of phenols is 1. The molecule has 0 saturated heterocycles. The van der Waals surface area contributed by atoms with Gasteiger partial charge in [-0.25, -0.2) is 0 Å². The van der Waals surface area contributed by atoms with Crippen LogP contribution < -0.4 is 10.1 Å². The van der Waals surface area contributed by atoms with Gasteiger partial charge in [-0.2, -0.15) is 0 Å². The molecule has 1 aromatic heterocycles. The number of aryl methyl sites for hydroxylation is 1. The van der Waals surface area contributed by atoms with Crippen LogP contribution in [-0.4, -0.2) is 23.2 Å². The number of carbonyl (C=O) groups is 1. The third-order valence-electron chi connectivity index (χ3n) is 5.21. The van der Waals surface area contributed by atoms with E-state index in [0.717, 1.165) is 34.5 Å². The second-order valence-electron chi connectivity index (χ2n) is 7.83. The molecule has 0 fully saturated rings. The van der Waals surface area contributed by atoms with E-state index in [1.54, 1.807) is 12.1 Å². The Bertz CT molecular complexity index is 939. The minimum absolute atomic E-state index is 0.0674. The molecule has 2 heterocycles. The van der Waals surface area contributed by atoms with E-state index in [-0.39, 0.29) is 22.9 Å². The van der Waals surface area contributed by atoms with E-state index in [1.807, 2.05) is 13.0 Å². The Morgan fingerprint density at radius 3 is 2.85 bits per heavy atom. The van der Waals surface area contributed by atoms with Crippen LogP contribution in [0.3, 0.4) is 0 Å². The molecule has 26 heavy (non-hydrogen) atoms. The summed E-state index contributed by atoms with van der Waals surface area (Å²) >= 11 is 0. The van der Waals surface area contributed by atoms with Crippen LogP contribution in [0.5, 0.6) is 11.5 Å². The Morgan fingerprint density at radius 1 is 1.35 bits per heavy atom. The lowest BCUT2D eigenvalue weighted by molar-refractivity contribution is -0.118. The lowest BCUT2D eigenvalue weighted by Crippen LogP contribution is -2.33. The lowest BCUT2D eigenvalue weighted by atomic mass is 9.69. The van der Waals surface area contributed by atoms with Crippen molar-refractivity contribution in [1.29, 1.82) is 0 Å². The summed E-state index contributed by atoms with van der Waals surface area (Å²) in [6.07, 6.45) is 1.26. The van der Waals surface area contributed by atoms with Gasteiger partial charge in [0.05, 0.1) is 18.4 Å². The Morgan fingerprint density at radius 2 is 2.12 bits per heavy atom. The molecular weight excluding hydrogens is 332 g/mol. The number of benzene rings is 1. The fourth-order valence-corrected chi connectivity index (χ4v) is 4.08. The molecule has 2 aliphatic rings. The smallest absolute Gasteiger partial charge is 0.233 e. The zero-order valence-electron chi connectivity index (χ0n) is 15.3. The number of nitrogens with one attached hydrogen (secondary N) is 1. The molecule has 0 bridgehead atoms. The number of carbonyl (C=O) groups excluding carboxylic acids is 1. The predicted molar refractivity (Wildman–Crippen MR) is 96.4 cm³/mol. The normalized spacial score (nSPS) is 21.1. The maximum Gasteiger partial charge on any atom is 0.233 e. The van der Waals surface area contributed by atoms with Gasteiger partial charge in [0.1, 0.15) is 0 Å². The first kappa shape index (κ1) is 16.7. The van der Waals surface area contributed by atoms with Gasteiger partial charge < -0.3 is 19.7 Å². The molecule has 1 aliphatic heterocycles. The van der Waals surface area contributed by atoms with Crippen molar-refractivity contribution in [3.8, 4) is 11.5 Å². The molecule has 0 radical (unpaired) electrons. The number of phenolic OH excluding ortho intramolecular Hbond substituents is 1. The highest BCUT2D eigenvalue weighted by molar-refractivity contribution is 6.01. The summed E-state index contributed by atoms with van der Waals surface area (Å²) in [6.45, 7) is 6.06. The average Bonchev–Trinajstić information content (AvgIpc) is 2.93. The van der Waals surface area contributed by atoms with Gasteiger partial charge in [-0.15, -0.1) is 0 Å². The van der Waals surface area contributed by atoms with Crippen molar-refractivity contribution in [3.63, 3.8) is 0 Å². The van der Waals surface area contributed by atoms with Gasteiger partial charge >= 0.3 is 0 Å². The van der Waals surface area contributed by atoms with Crippen LogP contribution in [0.25, 0.3) is 0 Å². The van der Waals surface area contributed by atoms with Crippen molar-refractivity contribution in [2.75, 3.05) is 12.4 Å². The second-order valence-corrected chi connectivity index (χ2v) is 7.83. The molecule has 0 amide bonds. The summed E-state index contributed by atoms with van der Waals surface area (Å²) in [5.74, 6) is 0.876. The van der Waals surface area contributed by atoms with Crippen LogP contribution in [-0.2, 0) is 4.79 Å². The van der Waals surface area contributed by atoms with Crippen LogP contribution in [0.2, 0.25) is 0 Å². The highest BCUT2D eigenvalue weighted by Crippen LogP contribution is 2.50. The number of aromatic nitrogens is 1. The molecule has 6 heteroatoms. The third-order valence-corrected chi connectivity index (χ3v) is 5.21. The van der Waals surface area contributed by atoms with Crippen LogP contribution >= 0.6 is 0 Å². The first-order chi connectivity index (χ1) is 12.3. The molecule has 6 nitrogen and oxygen atoms in total. The minimum Gasteiger partial charge on any atom is -0.504 e. The minimum atomic E-state index is -0.286. The third kappa shape index (κ3) is 2.48. The number of allylic oxidation sites excluding steroid dienone is 2. The van der Waals surface area contributed by atoms with Crippen LogP contribution in [0, 0.1) is 12.3 Å². The maximum atomic E-state index is 13.1. The summed E-state index contributed by atoms with van der Waals surface area (Å²) in [7, 11) is 1.51. The second kappa shape index (κ2) is 5.62. The maximum absolute atomic E-state index is 13.1. The van der Waals surface area contributed by atoms with Gasteiger partial charge in [0.2, 0.25) is 5.88 Å². The number of methoxy groups -OCH3 is 1. The van der Waals surface area contributed by atoms with Gasteiger partial charge in [-0.05, 0) is 36.5 Å². The summed E-state index contributed by atoms with van der Waals surface area (Å²) in [5.41, 5.74) is 4.03. The van der Waals surface area contributed by atoms with Crippen molar-refractivity contribution in [2.45, 2.75) is 39.5 Å². The van der Waals surface area contributed by atoms with Crippen LogP contribution in [0.1, 0.15) is 49.4 Å². The number of hydrogen-bond acceptors (Lipinski definition) is 6. The molecular formula is C20H22N2O4. The fourth-order valence-electron chi connectivity index (χ4n) is 4.08. The summed E-state index contributed by atoms with van der Waals surface area (Å²) in [5, 5.41) is 17.3. The number of fused-ring (bicyclic) bond motifs is 1. The molecule has 0 spiro atoms. The van der Waals surface area contributed by atoms with E-state index in [2.05, 4.69) is 24.3 Å². The van der Waals surface area contributed by atoms with E-state index >= 15 is 0 Å². The molecule has 0 saturated carbocycles. The largest absolute Gasteiger partial charge is 0.504 e. The number of ketones is 1. The number of rotatable bonds is 2. The van der Waals surface area contributed by atoms with E-state index in [4.69, 9.17) is 9.26 Å². The lowest BCUT2D eigenvalue weighted by Gasteiger charge is -2.37. The number of Topliss-reactive ketones (excluding diaryl/α,β-unsaturated/α-hetero) is 1. The van der Waals surface area contributed by atoms with Crippen LogP contribution in [0.15, 0.2) is 34.0 Å². The molecule has 1 atom stereocenters. The van der Waals surface area contributed by atoms with E-state index in [0.29, 0.717) is 18.1 Å². The molecule has 2 N–H and O–H groups in total. The number of nitrogens with zero attached hydrogens (tertiary/aromatic N) is 1. The number of hydrogen-bond donors (Lipinski definition) is 2. The molecule has 1 aliphatic carbocycles. The monoisotopic (exact) mass is 354 g/mol. The molecule has 1 unspecified atom stereocenters. The number of ether oxygens (including phenoxy) is 1. The van der Waals surface area contributed by atoms with Gasteiger partial charge in [0.15, 0.2) is 17.3 Å². The highest BCUT2D eigenvalue weighted by atomic mass is 16.5. The zero-order chi connectivity index (χ0) is 18.6. The Labute approximate surface area is 151 Å². The first-order valence-electron chi connectivity index (χ1n) is 8.67. The topological polar surface area (TPSA) is 84.6 Å². The SMILES string of the molecule is COc1cc(C2C3=C(CC(C)(C)CC3=O)Nc3onc(C)c32)ccc1O. The van der Waals surface area contributed by atoms with Crippen molar-refractivity contribution in [2.24, 2.45) is 5.41 Å². The summed E-state index contributed by atoms with van der Waals surface area (Å²) < 4.78 is 10.8. The van der Waals surface area contributed by atoms with E-state index < -0.39 is 0 Å². The van der Waals surface area contributed by atoms with Crippen molar-refractivity contribution >= 4 is 11.7 Å².